The van der Waals surface area contributed by atoms with Crippen LogP contribution in [0, 0.1) is 0 Å². The number of thiazole rings is 1. The monoisotopic (exact) mass is 302 g/mol. The predicted octanol–water partition coefficient (Wildman–Crippen LogP) is 3.27. The van der Waals surface area contributed by atoms with Crippen LogP contribution in [0.25, 0.3) is 0 Å². The summed E-state index contributed by atoms with van der Waals surface area (Å²) in [5.74, 6) is 0. The van der Waals surface area contributed by atoms with Crippen molar-refractivity contribution in [3.05, 3.63) is 51.5 Å². The van der Waals surface area contributed by atoms with E-state index in [1.54, 1.807) is 11.3 Å². The normalized spacial score (nSPS) is 25.1. The van der Waals surface area contributed by atoms with Gasteiger partial charge in [-0.1, -0.05) is 45.0 Å². The van der Waals surface area contributed by atoms with Gasteiger partial charge in [-0.2, -0.15) is 0 Å². The number of hydrogen-bond donors (Lipinski definition) is 2. The van der Waals surface area contributed by atoms with Crippen molar-refractivity contribution in [3.63, 3.8) is 0 Å². The van der Waals surface area contributed by atoms with E-state index in [1.165, 1.54) is 0 Å². The first-order valence-electron chi connectivity index (χ1n) is 7.32. The molecule has 1 aliphatic rings. The van der Waals surface area contributed by atoms with Gasteiger partial charge in [0.25, 0.3) is 0 Å². The third kappa shape index (κ3) is 2.63. The Morgan fingerprint density at radius 1 is 1.38 bits per heavy atom. The molecule has 0 fully saturated rings. The summed E-state index contributed by atoms with van der Waals surface area (Å²) in [5.41, 5.74) is 8.44. The number of nitrogens with zero attached hydrogens (tertiary/aromatic N) is 1. The van der Waals surface area contributed by atoms with E-state index in [9.17, 15) is 5.11 Å². The van der Waals surface area contributed by atoms with Crippen molar-refractivity contribution in [1.82, 2.24) is 4.98 Å². The Labute approximate surface area is 129 Å². The van der Waals surface area contributed by atoms with Crippen LogP contribution in [0.4, 0.5) is 0 Å². The number of benzene rings is 1. The average Bonchev–Trinajstić information content (AvgIpc) is 2.95. The number of aromatic nitrogens is 1. The molecule has 0 saturated carbocycles. The van der Waals surface area contributed by atoms with Crippen molar-refractivity contribution in [2.75, 3.05) is 0 Å². The van der Waals surface area contributed by atoms with E-state index in [4.69, 9.17) is 10.7 Å². The van der Waals surface area contributed by atoms with Crippen LogP contribution < -0.4 is 5.73 Å². The van der Waals surface area contributed by atoms with Crippen LogP contribution >= 0.6 is 11.3 Å². The molecule has 112 valence electrons. The van der Waals surface area contributed by atoms with Gasteiger partial charge in [0, 0.05) is 29.7 Å². The van der Waals surface area contributed by atoms with Gasteiger partial charge < -0.3 is 10.8 Å². The molecule has 0 radical (unpaired) electrons. The zero-order valence-corrected chi connectivity index (χ0v) is 13.6. The minimum atomic E-state index is -0.886. The second-order valence-electron chi connectivity index (χ2n) is 6.98. The number of hydrogen-bond acceptors (Lipinski definition) is 4. The van der Waals surface area contributed by atoms with E-state index >= 15 is 0 Å². The van der Waals surface area contributed by atoms with Gasteiger partial charge in [0.05, 0.1) is 16.3 Å². The fourth-order valence-corrected chi connectivity index (χ4v) is 4.11. The largest absolute Gasteiger partial charge is 0.385 e. The van der Waals surface area contributed by atoms with E-state index in [0.717, 1.165) is 21.8 Å². The third-order valence-electron chi connectivity index (χ3n) is 4.18. The zero-order chi connectivity index (χ0) is 15.3. The molecule has 1 aromatic heterocycles. The molecule has 3 rings (SSSR count). The van der Waals surface area contributed by atoms with Crippen LogP contribution in [0.3, 0.4) is 0 Å². The molecular weight excluding hydrogens is 280 g/mol. The summed E-state index contributed by atoms with van der Waals surface area (Å²) >= 11 is 1.63. The number of rotatable bonds is 2. The van der Waals surface area contributed by atoms with Crippen molar-refractivity contribution >= 4 is 11.3 Å². The molecule has 0 bridgehead atoms. The van der Waals surface area contributed by atoms with Gasteiger partial charge in [0.15, 0.2) is 0 Å². The highest BCUT2D eigenvalue weighted by atomic mass is 32.1. The molecule has 1 aromatic carbocycles. The van der Waals surface area contributed by atoms with Crippen LogP contribution in [0.2, 0.25) is 0 Å². The van der Waals surface area contributed by atoms with Gasteiger partial charge in [-0.25, -0.2) is 4.98 Å². The minimum Gasteiger partial charge on any atom is -0.385 e. The highest BCUT2D eigenvalue weighted by molar-refractivity contribution is 7.09. The van der Waals surface area contributed by atoms with Gasteiger partial charge in [0.1, 0.15) is 0 Å². The lowest BCUT2D eigenvalue weighted by Gasteiger charge is -2.23. The summed E-state index contributed by atoms with van der Waals surface area (Å²) in [6.07, 6.45) is 1.11. The zero-order valence-electron chi connectivity index (χ0n) is 12.8. The highest BCUT2D eigenvalue weighted by Crippen LogP contribution is 2.44. The highest BCUT2D eigenvalue weighted by Gasteiger charge is 2.41. The Morgan fingerprint density at radius 3 is 2.76 bits per heavy atom. The van der Waals surface area contributed by atoms with Crippen LogP contribution in [0.5, 0.6) is 0 Å². The van der Waals surface area contributed by atoms with E-state index in [-0.39, 0.29) is 11.5 Å². The van der Waals surface area contributed by atoms with E-state index in [1.807, 2.05) is 24.3 Å². The molecule has 3 nitrogen and oxygen atoms in total. The lowest BCUT2D eigenvalue weighted by molar-refractivity contribution is 0.0341. The molecular formula is C17H22N2OS. The first kappa shape index (κ1) is 14.7. The molecule has 2 atom stereocenters. The lowest BCUT2D eigenvalue weighted by atomic mass is 9.92. The Balaban J connectivity index is 1.90. The standard InChI is InChI=1S/C17H22N2OS/c1-16(2,3)14-10-21-15(19-14)9-17(20)8-13(18)11-6-4-5-7-12(11)17/h4-7,10,13,20H,8-9,18H2,1-3H3. The van der Waals surface area contributed by atoms with Crippen molar-refractivity contribution in [3.8, 4) is 0 Å². The molecule has 2 unspecified atom stereocenters. The second kappa shape index (κ2) is 4.90. The summed E-state index contributed by atoms with van der Waals surface area (Å²) < 4.78 is 0. The molecule has 0 aliphatic heterocycles. The lowest BCUT2D eigenvalue weighted by Crippen LogP contribution is -2.26. The van der Waals surface area contributed by atoms with Crippen LogP contribution in [-0.2, 0) is 17.4 Å². The quantitative estimate of drug-likeness (QED) is 0.895. The molecule has 4 heteroatoms. The first-order chi connectivity index (χ1) is 9.79. The maximum Gasteiger partial charge on any atom is 0.0981 e. The summed E-state index contributed by atoms with van der Waals surface area (Å²) in [7, 11) is 0. The van der Waals surface area contributed by atoms with Crippen LogP contribution in [0.15, 0.2) is 29.6 Å². The van der Waals surface area contributed by atoms with Gasteiger partial charge in [0.2, 0.25) is 0 Å². The SMILES string of the molecule is CC(C)(C)c1csc(CC2(O)CC(N)c3ccccc32)n1. The molecule has 1 heterocycles. The smallest absolute Gasteiger partial charge is 0.0981 e. The maximum atomic E-state index is 11.1. The summed E-state index contributed by atoms with van der Waals surface area (Å²) in [6, 6.07) is 7.85. The molecule has 0 amide bonds. The van der Waals surface area contributed by atoms with Crippen molar-refractivity contribution in [1.29, 1.82) is 0 Å². The van der Waals surface area contributed by atoms with Crippen molar-refractivity contribution in [2.45, 2.75) is 50.7 Å². The van der Waals surface area contributed by atoms with Gasteiger partial charge in [-0.3, -0.25) is 0 Å². The number of nitrogens with two attached hydrogens (primary N) is 1. The number of fused-ring (bicyclic) bond motifs is 1. The fraction of sp³-hybridized carbons (Fsp3) is 0.471. The average molecular weight is 302 g/mol. The van der Waals surface area contributed by atoms with Gasteiger partial charge >= 0.3 is 0 Å². The molecule has 0 spiro atoms. The molecule has 1 aliphatic carbocycles. The summed E-state index contributed by atoms with van der Waals surface area (Å²) in [6.45, 7) is 6.46. The Kier molecular flexibility index (Phi) is 3.43. The predicted molar refractivity (Wildman–Crippen MR) is 86.4 cm³/mol. The van der Waals surface area contributed by atoms with E-state index < -0.39 is 5.60 Å². The van der Waals surface area contributed by atoms with E-state index in [2.05, 4.69) is 26.2 Å². The first-order valence-corrected chi connectivity index (χ1v) is 8.20. The fourth-order valence-electron chi connectivity index (χ4n) is 2.98. The molecule has 2 aromatic rings. The second-order valence-corrected chi connectivity index (χ2v) is 7.93. The van der Waals surface area contributed by atoms with E-state index in [0.29, 0.717) is 12.8 Å². The van der Waals surface area contributed by atoms with Gasteiger partial charge in [-0.05, 0) is 11.1 Å². The minimum absolute atomic E-state index is 0.0430. The Morgan fingerprint density at radius 2 is 2.10 bits per heavy atom. The Bertz CT molecular complexity index is 659. The summed E-state index contributed by atoms with van der Waals surface area (Å²) in [5, 5.41) is 14.1. The van der Waals surface area contributed by atoms with Crippen molar-refractivity contribution in [2.24, 2.45) is 5.73 Å². The molecule has 0 saturated heterocycles. The number of aliphatic hydroxyl groups is 1. The maximum absolute atomic E-state index is 11.1. The van der Waals surface area contributed by atoms with Crippen LogP contribution in [-0.4, -0.2) is 10.1 Å². The third-order valence-corrected chi connectivity index (χ3v) is 5.03. The molecule has 3 N–H and O–H groups in total. The molecule has 21 heavy (non-hydrogen) atoms. The Hall–Kier alpha value is -1.23. The van der Waals surface area contributed by atoms with Crippen LogP contribution in [0.1, 0.15) is 55.1 Å². The summed E-state index contributed by atoms with van der Waals surface area (Å²) in [4.78, 5) is 4.71. The van der Waals surface area contributed by atoms with Gasteiger partial charge in [-0.15, -0.1) is 11.3 Å². The van der Waals surface area contributed by atoms with Crippen molar-refractivity contribution < 1.29 is 5.11 Å². The topological polar surface area (TPSA) is 59.1 Å².